The molecule has 1 rings (SSSR count). The molecule has 1 heterocycles. The van der Waals surface area contributed by atoms with Crippen LogP contribution < -0.4 is 75.3 Å². The summed E-state index contributed by atoms with van der Waals surface area (Å²) in [5.74, 6) is -5.59. The molecule has 0 radical (unpaired) electrons. The van der Waals surface area contributed by atoms with Gasteiger partial charge in [0.2, 0.25) is 53.2 Å². The number of nitrogens with zero attached hydrogens (tertiary/aromatic N) is 1. The van der Waals surface area contributed by atoms with Crippen molar-refractivity contribution in [2.75, 3.05) is 91.7 Å². The maximum Gasteiger partial charge on any atom is 0.293 e. The van der Waals surface area contributed by atoms with Gasteiger partial charge in [-0.1, -0.05) is 41.0 Å². The summed E-state index contributed by atoms with van der Waals surface area (Å²) in [6.07, 6.45) is 8.43. The SMILES string of the molecule is CCNCCCCC(NCC)C(=O)NC(CCCCN)C(=O)NC(CCCCNCC)C(=O)NCC(=O)N1CCCC1C(=O)NC(CCCCNCC)C(=O)NC(CCOC=O)C(=O)NC(CCCCNCC)C(=O)NCC(N)=O. The van der Waals surface area contributed by atoms with Crippen molar-refractivity contribution in [1.82, 2.24) is 68.7 Å². The number of hydrogen-bond donors (Lipinski definition) is 14. The van der Waals surface area contributed by atoms with Gasteiger partial charge in [0.1, 0.15) is 36.3 Å². The first-order valence-electron chi connectivity index (χ1n) is 29.6. The largest absolute Gasteiger partial charge is 0.468 e. The van der Waals surface area contributed by atoms with Crippen LogP contribution in [0.15, 0.2) is 0 Å². The van der Waals surface area contributed by atoms with Crippen LogP contribution in [-0.2, 0) is 52.7 Å². The molecule has 1 aliphatic rings. The lowest BCUT2D eigenvalue weighted by molar-refractivity contribution is -0.140. The number of nitrogens with two attached hydrogens (primary N) is 2. The minimum atomic E-state index is -1.34. The van der Waals surface area contributed by atoms with Gasteiger partial charge in [0, 0.05) is 13.0 Å². The Bertz CT molecular complexity index is 1820. The van der Waals surface area contributed by atoms with E-state index in [-0.39, 0.29) is 57.6 Å². The number of amides is 9. The zero-order chi connectivity index (χ0) is 59.3. The second-order valence-electron chi connectivity index (χ2n) is 20.0. The zero-order valence-corrected chi connectivity index (χ0v) is 48.8. The van der Waals surface area contributed by atoms with Crippen molar-refractivity contribution in [2.45, 2.75) is 192 Å². The number of unbranched alkanes of at least 4 members (excludes halogenated alkanes) is 5. The quantitative estimate of drug-likeness (QED) is 0.0229. The molecule has 0 bridgehead atoms. The fraction of sp³-hybridized carbons (Fsp3) is 0.815. The van der Waals surface area contributed by atoms with Gasteiger partial charge in [0.05, 0.1) is 25.7 Å². The van der Waals surface area contributed by atoms with Gasteiger partial charge in [-0.3, -0.25) is 47.9 Å². The highest BCUT2D eigenvalue weighted by Crippen LogP contribution is 2.19. The van der Waals surface area contributed by atoms with Gasteiger partial charge in [-0.25, -0.2) is 0 Å². The van der Waals surface area contributed by atoms with Gasteiger partial charge < -0.3 is 84.9 Å². The van der Waals surface area contributed by atoms with E-state index in [1.807, 2.05) is 34.6 Å². The molecule has 7 atom stereocenters. The highest BCUT2D eigenvalue weighted by atomic mass is 16.5. The van der Waals surface area contributed by atoms with E-state index >= 15 is 0 Å². The highest BCUT2D eigenvalue weighted by Gasteiger charge is 2.37. The molecular formula is C54H103N15O11. The summed E-state index contributed by atoms with van der Waals surface area (Å²) in [6.45, 7) is 15.9. The van der Waals surface area contributed by atoms with Gasteiger partial charge in [0.25, 0.3) is 6.47 Å². The number of ether oxygens (including phenoxy) is 1. The first kappa shape index (κ1) is 72.5. The number of primary amides is 1. The van der Waals surface area contributed by atoms with E-state index in [4.69, 9.17) is 16.2 Å². The van der Waals surface area contributed by atoms with Crippen molar-refractivity contribution in [2.24, 2.45) is 11.5 Å². The monoisotopic (exact) mass is 1140 g/mol. The van der Waals surface area contributed by atoms with Crippen LogP contribution in [0.1, 0.15) is 150 Å². The van der Waals surface area contributed by atoms with E-state index in [1.165, 1.54) is 4.90 Å². The Labute approximate surface area is 475 Å². The van der Waals surface area contributed by atoms with Crippen molar-refractivity contribution in [1.29, 1.82) is 0 Å². The molecule has 1 fully saturated rings. The number of likely N-dealkylation sites (N-methyl/N-ethyl adjacent to an activating group) is 1. The van der Waals surface area contributed by atoms with Gasteiger partial charge in [-0.2, -0.15) is 0 Å². The molecule has 80 heavy (non-hydrogen) atoms. The van der Waals surface area contributed by atoms with Crippen molar-refractivity contribution in [3.63, 3.8) is 0 Å². The first-order chi connectivity index (χ1) is 38.6. The maximum atomic E-state index is 14.2. The van der Waals surface area contributed by atoms with E-state index in [0.29, 0.717) is 103 Å². The van der Waals surface area contributed by atoms with E-state index in [0.717, 1.165) is 45.6 Å². The second kappa shape index (κ2) is 46.1. The first-order valence-corrected chi connectivity index (χ1v) is 29.6. The fourth-order valence-electron chi connectivity index (χ4n) is 9.12. The van der Waals surface area contributed by atoms with E-state index in [9.17, 15) is 47.9 Å². The molecule has 1 saturated heterocycles. The molecule has 0 spiro atoms. The Kier molecular flexibility index (Phi) is 41.8. The Morgan fingerprint density at radius 2 is 0.887 bits per heavy atom. The lowest BCUT2D eigenvalue weighted by Gasteiger charge is -2.28. The number of nitrogens with one attached hydrogen (secondary N) is 12. The summed E-state index contributed by atoms with van der Waals surface area (Å²) >= 11 is 0. The smallest absolute Gasteiger partial charge is 0.293 e. The molecule has 26 heteroatoms. The summed E-state index contributed by atoms with van der Waals surface area (Å²) in [5, 5.41) is 35.3. The molecule has 0 aromatic heterocycles. The van der Waals surface area contributed by atoms with Crippen LogP contribution in [0.2, 0.25) is 0 Å². The molecule has 7 unspecified atom stereocenters. The predicted octanol–water partition coefficient (Wildman–Crippen LogP) is -2.09. The van der Waals surface area contributed by atoms with Crippen LogP contribution in [0.3, 0.4) is 0 Å². The number of carbonyl (C=O) groups excluding carboxylic acids is 10. The molecule has 9 amide bonds. The molecular weight excluding hydrogens is 1030 g/mol. The van der Waals surface area contributed by atoms with E-state index in [2.05, 4.69) is 63.8 Å². The van der Waals surface area contributed by atoms with Crippen LogP contribution in [-0.4, -0.2) is 199 Å². The minimum absolute atomic E-state index is 0.148. The summed E-state index contributed by atoms with van der Waals surface area (Å²) in [6, 6.07) is -7.17. The molecule has 460 valence electrons. The third-order valence-corrected chi connectivity index (χ3v) is 13.6. The summed E-state index contributed by atoms with van der Waals surface area (Å²) < 4.78 is 4.88. The number of rotatable bonds is 50. The maximum absolute atomic E-state index is 14.2. The van der Waals surface area contributed by atoms with Gasteiger partial charge in [0.15, 0.2) is 0 Å². The topological polar surface area (TPSA) is 380 Å². The third kappa shape index (κ3) is 32.0. The van der Waals surface area contributed by atoms with Crippen LogP contribution in [0, 0.1) is 0 Å². The average Bonchev–Trinajstić information content (AvgIpc) is 3.97. The zero-order valence-electron chi connectivity index (χ0n) is 48.8. The normalized spacial score (nSPS) is 15.3. The van der Waals surface area contributed by atoms with Gasteiger partial charge >= 0.3 is 0 Å². The summed E-state index contributed by atoms with van der Waals surface area (Å²) in [5.41, 5.74) is 11.0. The van der Waals surface area contributed by atoms with E-state index < -0.39 is 103 Å². The molecule has 0 saturated carbocycles. The Balaban J connectivity index is 3.34. The summed E-state index contributed by atoms with van der Waals surface area (Å²) in [4.78, 5) is 135. The Morgan fingerprint density at radius 1 is 0.500 bits per heavy atom. The minimum Gasteiger partial charge on any atom is -0.468 e. The molecule has 0 aromatic rings. The van der Waals surface area contributed by atoms with Crippen LogP contribution in [0.25, 0.3) is 0 Å². The summed E-state index contributed by atoms with van der Waals surface area (Å²) in [7, 11) is 0. The van der Waals surface area contributed by atoms with Crippen molar-refractivity contribution in [3.8, 4) is 0 Å². The second-order valence-corrected chi connectivity index (χ2v) is 20.0. The fourth-order valence-corrected chi connectivity index (χ4v) is 9.12. The van der Waals surface area contributed by atoms with Gasteiger partial charge in [-0.15, -0.1) is 0 Å². The number of carbonyl (C=O) groups is 10. The number of likely N-dealkylation sites (tertiary alicyclic amines) is 1. The highest BCUT2D eigenvalue weighted by molar-refractivity contribution is 5.97. The third-order valence-electron chi connectivity index (χ3n) is 13.6. The Hall–Kier alpha value is -5.54. The average molecular weight is 1140 g/mol. The molecule has 0 aliphatic carbocycles. The molecule has 16 N–H and O–H groups in total. The van der Waals surface area contributed by atoms with Crippen molar-refractivity contribution < 1.29 is 52.7 Å². The molecule has 26 nitrogen and oxygen atoms in total. The van der Waals surface area contributed by atoms with Crippen molar-refractivity contribution in [3.05, 3.63) is 0 Å². The van der Waals surface area contributed by atoms with Crippen LogP contribution >= 0.6 is 0 Å². The van der Waals surface area contributed by atoms with Crippen LogP contribution in [0.4, 0.5) is 0 Å². The van der Waals surface area contributed by atoms with Crippen LogP contribution in [0.5, 0.6) is 0 Å². The van der Waals surface area contributed by atoms with Gasteiger partial charge in [-0.05, 0) is 168 Å². The molecule has 1 aliphatic heterocycles. The molecule has 0 aromatic carbocycles. The standard InChI is InChI=1S/C54H103N15O11/c1-6-57-30-17-12-22-39(61-10-5)50(75)66-42(23-11-16-29-55)51(76)64-41(25-14-19-32-59-8-3)49(74)63-37-47(72)69-34-21-27-45(69)54(79)68-43(26-15-20-33-60-9-4)52(77)67-44(28-35-80-38-70)53(78)65-40(24-13-18-31-58-7-2)48(73)62-36-46(56)71/h38-45,57-61H,6-37,55H2,1-5H3,(H2,56,71)(H,62,73)(H,63,74)(H,64,76)(H,65,78)(H,66,75)(H,67,77)(H,68,79). The lowest BCUT2D eigenvalue weighted by atomic mass is 10.0. The predicted molar refractivity (Wildman–Crippen MR) is 306 cm³/mol. The number of hydrogen-bond acceptors (Lipinski definition) is 17. The lowest BCUT2D eigenvalue weighted by Crippen LogP contribution is -2.58. The Morgan fingerprint density at radius 3 is 1.30 bits per heavy atom. The van der Waals surface area contributed by atoms with Crippen molar-refractivity contribution >= 4 is 59.6 Å². The van der Waals surface area contributed by atoms with E-state index in [1.54, 1.807) is 0 Å².